The maximum Gasteiger partial charge on any atom is 0.143 e. The lowest BCUT2D eigenvalue weighted by atomic mass is 9.67. The number of benzene rings is 10. The average molecular weight is 778 g/mol. The Balaban J connectivity index is 1.12. The summed E-state index contributed by atoms with van der Waals surface area (Å²) >= 11 is 0. The highest BCUT2D eigenvalue weighted by molar-refractivity contribution is 6.17. The standard InChI is InChI=1S/C59H39NO/c1-4-17-40(18-5-1)41-31-34-45(35-32-41)60(56-30-15-13-26-50(56)51-27-16-28-52-53-37-33-42-19-10-11-24-47(42)57(53)61-58(51)52)46-36-38-49-48-25-12-14-29-54(48)59(55(49)39-46,43-20-6-2-7-21-43)44-22-8-3-9-23-44/h1-39H. The Bertz CT molecular complexity index is 3360. The summed E-state index contributed by atoms with van der Waals surface area (Å²) in [5.74, 6) is 0. The zero-order chi connectivity index (χ0) is 40.3. The molecule has 1 aliphatic carbocycles. The molecule has 0 atom stereocenters. The van der Waals surface area contributed by atoms with E-state index < -0.39 is 5.41 Å². The van der Waals surface area contributed by atoms with Gasteiger partial charge in [-0.2, -0.15) is 0 Å². The van der Waals surface area contributed by atoms with Gasteiger partial charge in [-0.3, -0.25) is 0 Å². The predicted octanol–water partition coefficient (Wildman–Crippen LogP) is 15.9. The molecule has 0 radical (unpaired) electrons. The molecule has 0 aliphatic heterocycles. The van der Waals surface area contributed by atoms with Crippen LogP contribution in [0.15, 0.2) is 241 Å². The van der Waals surface area contributed by atoms with Gasteiger partial charge in [-0.15, -0.1) is 0 Å². The summed E-state index contributed by atoms with van der Waals surface area (Å²) in [7, 11) is 0. The Morgan fingerprint density at radius 2 is 0.885 bits per heavy atom. The van der Waals surface area contributed by atoms with E-state index in [9.17, 15) is 0 Å². The highest BCUT2D eigenvalue weighted by Crippen LogP contribution is 2.57. The van der Waals surface area contributed by atoms with Crippen LogP contribution >= 0.6 is 0 Å². The van der Waals surface area contributed by atoms with Crippen molar-refractivity contribution in [2.24, 2.45) is 0 Å². The molecular formula is C59H39NO. The van der Waals surface area contributed by atoms with Gasteiger partial charge in [0, 0.05) is 38.7 Å². The second-order valence-corrected chi connectivity index (χ2v) is 16.0. The number of fused-ring (bicyclic) bond motifs is 8. The molecule has 2 nitrogen and oxygen atoms in total. The second kappa shape index (κ2) is 14.1. The normalized spacial score (nSPS) is 12.7. The molecule has 61 heavy (non-hydrogen) atoms. The van der Waals surface area contributed by atoms with Gasteiger partial charge in [0.1, 0.15) is 11.2 Å². The Hall–Kier alpha value is -7.94. The van der Waals surface area contributed by atoms with E-state index in [-0.39, 0.29) is 0 Å². The zero-order valence-corrected chi connectivity index (χ0v) is 33.4. The van der Waals surface area contributed by atoms with Crippen molar-refractivity contribution in [1.29, 1.82) is 0 Å². The summed E-state index contributed by atoms with van der Waals surface area (Å²) in [5.41, 5.74) is 16.5. The van der Waals surface area contributed by atoms with Crippen molar-refractivity contribution in [3.8, 4) is 33.4 Å². The van der Waals surface area contributed by atoms with Gasteiger partial charge in [-0.25, -0.2) is 0 Å². The molecule has 10 aromatic carbocycles. The SMILES string of the molecule is c1ccc(-c2ccc(N(c3ccc4c(c3)C(c3ccccc3)(c3ccccc3)c3ccccc3-4)c3ccccc3-c3cccc4c3oc3c5ccccc5ccc43)cc2)cc1. The van der Waals surface area contributed by atoms with E-state index in [1.165, 1.54) is 49.9 Å². The van der Waals surface area contributed by atoms with Crippen LogP contribution in [0.3, 0.4) is 0 Å². The lowest BCUT2D eigenvalue weighted by Crippen LogP contribution is -2.28. The predicted molar refractivity (Wildman–Crippen MR) is 254 cm³/mol. The van der Waals surface area contributed by atoms with Crippen LogP contribution in [-0.4, -0.2) is 0 Å². The van der Waals surface area contributed by atoms with Crippen molar-refractivity contribution in [2.45, 2.75) is 5.41 Å². The van der Waals surface area contributed by atoms with Crippen molar-refractivity contribution in [3.63, 3.8) is 0 Å². The van der Waals surface area contributed by atoms with Crippen LogP contribution in [0.1, 0.15) is 22.3 Å². The number of rotatable bonds is 7. The van der Waals surface area contributed by atoms with Crippen molar-refractivity contribution in [1.82, 2.24) is 0 Å². The summed E-state index contributed by atoms with van der Waals surface area (Å²) in [6, 6.07) is 86.0. The smallest absolute Gasteiger partial charge is 0.143 e. The molecule has 0 saturated heterocycles. The maximum atomic E-state index is 6.97. The van der Waals surface area contributed by atoms with Gasteiger partial charge in [-0.1, -0.05) is 200 Å². The third-order valence-electron chi connectivity index (χ3n) is 12.8. The number of furan rings is 1. The lowest BCUT2D eigenvalue weighted by molar-refractivity contribution is 0.674. The van der Waals surface area contributed by atoms with Gasteiger partial charge in [0.15, 0.2) is 0 Å². The molecule has 0 fully saturated rings. The van der Waals surface area contributed by atoms with E-state index in [1.807, 2.05) is 0 Å². The third kappa shape index (κ3) is 5.43. The summed E-state index contributed by atoms with van der Waals surface area (Å²) < 4.78 is 6.97. The van der Waals surface area contributed by atoms with Crippen LogP contribution in [0.5, 0.6) is 0 Å². The molecular weight excluding hydrogens is 739 g/mol. The largest absolute Gasteiger partial charge is 0.455 e. The fourth-order valence-corrected chi connectivity index (χ4v) is 10.1. The molecule has 0 unspecified atom stereocenters. The first kappa shape index (κ1) is 35.0. The summed E-state index contributed by atoms with van der Waals surface area (Å²) in [5, 5.41) is 4.52. The molecule has 2 heteroatoms. The first-order valence-electron chi connectivity index (χ1n) is 21.0. The Labute approximate surface area is 355 Å². The maximum absolute atomic E-state index is 6.97. The van der Waals surface area contributed by atoms with Crippen LogP contribution in [0.2, 0.25) is 0 Å². The second-order valence-electron chi connectivity index (χ2n) is 16.0. The summed E-state index contributed by atoms with van der Waals surface area (Å²) in [6.45, 7) is 0. The number of hydrogen-bond acceptors (Lipinski definition) is 2. The van der Waals surface area contributed by atoms with Crippen molar-refractivity contribution >= 4 is 49.8 Å². The number of hydrogen-bond donors (Lipinski definition) is 0. The molecule has 0 spiro atoms. The van der Waals surface area contributed by atoms with Gasteiger partial charge in [0.2, 0.25) is 0 Å². The number of anilines is 3. The molecule has 1 aliphatic rings. The Morgan fingerprint density at radius 1 is 0.328 bits per heavy atom. The van der Waals surface area contributed by atoms with Gasteiger partial charge in [0.05, 0.1) is 11.1 Å². The van der Waals surface area contributed by atoms with E-state index in [0.29, 0.717) is 0 Å². The van der Waals surface area contributed by atoms with Crippen LogP contribution in [0, 0.1) is 0 Å². The molecule has 0 amide bonds. The van der Waals surface area contributed by atoms with E-state index in [4.69, 9.17) is 4.42 Å². The number of nitrogens with zero attached hydrogens (tertiary/aromatic N) is 1. The average Bonchev–Trinajstić information content (AvgIpc) is 3.87. The Morgan fingerprint density at radius 3 is 1.66 bits per heavy atom. The van der Waals surface area contributed by atoms with Gasteiger partial charge in [0.25, 0.3) is 0 Å². The number of para-hydroxylation sites is 2. The van der Waals surface area contributed by atoms with Crippen molar-refractivity contribution in [3.05, 3.63) is 259 Å². The summed E-state index contributed by atoms with van der Waals surface area (Å²) in [4.78, 5) is 2.44. The topological polar surface area (TPSA) is 16.4 Å². The van der Waals surface area contributed by atoms with Crippen LogP contribution in [-0.2, 0) is 5.41 Å². The van der Waals surface area contributed by atoms with E-state index in [0.717, 1.165) is 55.5 Å². The first-order valence-corrected chi connectivity index (χ1v) is 21.0. The first-order chi connectivity index (χ1) is 30.3. The van der Waals surface area contributed by atoms with E-state index in [1.54, 1.807) is 0 Å². The molecule has 286 valence electrons. The fourth-order valence-electron chi connectivity index (χ4n) is 10.1. The minimum atomic E-state index is -0.532. The Kier molecular flexibility index (Phi) is 8.11. The molecule has 0 N–H and O–H groups in total. The van der Waals surface area contributed by atoms with Crippen molar-refractivity contribution in [2.75, 3.05) is 4.90 Å². The van der Waals surface area contributed by atoms with Crippen molar-refractivity contribution < 1.29 is 4.42 Å². The molecule has 12 rings (SSSR count). The molecule has 1 heterocycles. The minimum Gasteiger partial charge on any atom is -0.455 e. The lowest BCUT2D eigenvalue weighted by Gasteiger charge is -2.35. The van der Waals surface area contributed by atoms with Gasteiger partial charge >= 0.3 is 0 Å². The molecule has 11 aromatic rings. The van der Waals surface area contributed by atoms with Crippen LogP contribution in [0.25, 0.3) is 66.1 Å². The quantitative estimate of drug-likeness (QED) is 0.160. The zero-order valence-electron chi connectivity index (χ0n) is 33.4. The molecule has 0 bridgehead atoms. The highest BCUT2D eigenvalue weighted by Gasteiger charge is 2.46. The molecule has 1 aromatic heterocycles. The van der Waals surface area contributed by atoms with Crippen LogP contribution in [0.4, 0.5) is 17.1 Å². The van der Waals surface area contributed by atoms with E-state index >= 15 is 0 Å². The minimum absolute atomic E-state index is 0.532. The summed E-state index contributed by atoms with van der Waals surface area (Å²) in [6.07, 6.45) is 0. The third-order valence-corrected chi connectivity index (χ3v) is 12.8. The monoisotopic (exact) mass is 777 g/mol. The van der Waals surface area contributed by atoms with Crippen LogP contribution < -0.4 is 4.90 Å². The van der Waals surface area contributed by atoms with E-state index in [2.05, 4.69) is 241 Å². The highest BCUT2D eigenvalue weighted by atomic mass is 16.3. The van der Waals surface area contributed by atoms with Gasteiger partial charge < -0.3 is 9.32 Å². The molecule has 0 saturated carbocycles. The fraction of sp³-hybridized carbons (Fsp3) is 0.0169. The van der Waals surface area contributed by atoms with Gasteiger partial charge in [-0.05, 0) is 86.3 Å².